The molecule has 0 aliphatic carbocycles. The van der Waals surface area contributed by atoms with E-state index in [1.165, 1.54) is 14.7 Å². The number of aliphatic hydroxyl groups is 3. The summed E-state index contributed by atoms with van der Waals surface area (Å²) in [5.74, 6) is -3.38. The Hall–Kier alpha value is -6.56. The molecule has 53 heteroatoms. The zero-order valence-corrected chi connectivity index (χ0v) is 61.2. The number of nitrogens with zero attached hydrogens (tertiary/aromatic N) is 3. The van der Waals surface area contributed by atoms with Gasteiger partial charge in [0.05, 0.1) is 52.9 Å². The summed E-state index contributed by atoms with van der Waals surface area (Å²) in [7, 11) is -28.6. The highest BCUT2D eigenvalue weighted by molar-refractivity contribution is 7.47. The fourth-order valence-electron chi connectivity index (χ4n) is 10.3. The largest absolute Gasteiger partial charge is 0.756 e. The third-order valence-electron chi connectivity index (χ3n) is 14.7. The van der Waals surface area contributed by atoms with Crippen LogP contribution in [-0.2, 0) is 125 Å². The first kappa shape index (κ1) is 87.7. The summed E-state index contributed by atoms with van der Waals surface area (Å²) in [6.45, 7) is -8.74. The lowest BCUT2D eigenvalue weighted by Crippen LogP contribution is -2.32. The molecule has 6 aromatic rings. The fourth-order valence-corrected chi connectivity index (χ4v) is 13.7. The van der Waals surface area contributed by atoms with E-state index in [0.717, 1.165) is 27.5 Å². The van der Waals surface area contributed by atoms with E-state index >= 15 is 0 Å². The van der Waals surface area contributed by atoms with Gasteiger partial charge in [-0.2, -0.15) is 0 Å². The van der Waals surface area contributed by atoms with Crippen molar-refractivity contribution in [1.29, 1.82) is 0 Å². The number of amides is 6. The van der Waals surface area contributed by atoms with E-state index in [0.29, 0.717) is 58.3 Å². The minimum atomic E-state index is -5.07. The van der Waals surface area contributed by atoms with E-state index in [1.54, 1.807) is 54.6 Å². The molecule has 3 aromatic carbocycles. The Morgan fingerprint density at radius 3 is 0.897 bits per heavy atom. The molecule has 6 amide bonds. The highest BCUT2D eigenvalue weighted by Crippen LogP contribution is 2.45. The highest BCUT2D eigenvalue weighted by Gasteiger charge is 2.32. The zero-order valence-electron chi connectivity index (χ0n) is 55.8. The van der Waals surface area contributed by atoms with Crippen molar-refractivity contribution in [3.05, 3.63) is 88.4 Å². The number of phosphoric ester groups is 6. The number of phosphoric acid groups is 6. The molecule has 0 saturated carbocycles. The highest BCUT2D eigenvalue weighted by atomic mass is 31.2. The van der Waals surface area contributed by atoms with E-state index in [2.05, 4.69) is 85.2 Å². The second-order valence-corrected chi connectivity index (χ2v) is 29.8. The number of carbonyl (C=O) groups is 6. The summed E-state index contributed by atoms with van der Waals surface area (Å²) in [5, 5.41) is 35.6. The van der Waals surface area contributed by atoms with Gasteiger partial charge in [-0.3, -0.25) is 65.2 Å². The van der Waals surface area contributed by atoms with Crippen molar-refractivity contribution in [1.82, 2.24) is 30.9 Å². The summed E-state index contributed by atoms with van der Waals surface area (Å²) in [6, 6.07) is 14.8. The van der Waals surface area contributed by atoms with Crippen molar-refractivity contribution < 1.29 is 165 Å². The predicted octanol–water partition coefficient (Wildman–Crippen LogP) is -4.04. The third-order valence-corrected chi connectivity index (χ3v) is 20.3. The number of nitrogens with two attached hydrogens (primary N) is 3. The van der Waals surface area contributed by atoms with Crippen molar-refractivity contribution in [2.45, 2.75) is 19.3 Å². The van der Waals surface area contributed by atoms with Gasteiger partial charge in [0, 0.05) is 69.4 Å². The number of anilines is 3. The van der Waals surface area contributed by atoms with Crippen LogP contribution in [0.2, 0.25) is 0 Å². The van der Waals surface area contributed by atoms with Gasteiger partial charge in [0.25, 0.3) is 82.4 Å². The number of carbonyl (C=O) groups excluding carboxylic acids is 6. The Bertz CT molecular complexity index is 4230. The number of rotatable bonds is 41. The molecule has 3 aliphatic heterocycles. The molecule has 0 bridgehead atoms. The molecule has 3 aliphatic rings. The third kappa shape index (κ3) is 26.0. The van der Waals surface area contributed by atoms with Crippen molar-refractivity contribution >= 4 is 132 Å². The minimum absolute atomic E-state index is 0.192. The van der Waals surface area contributed by atoms with E-state index in [4.69, 9.17) is 42.0 Å². The molecule has 594 valence electrons. The van der Waals surface area contributed by atoms with Gasteiger partial charge >= 0.3 is 0 Å². The molecule has 47 nitrogen and oxygen atoms in total. The van der Waals surface area contributed by atoms with Crippen LogP contribution in [0.4, 0.5) is 17.1 Å². The van der Waals surface area contributed by atoms with Crippen molar-refractivity contribution in [2.75, 3.05) is 154 Å². The standard InChI is InChI=1S/2C19H28N4O12P2.C16H22N4O11P2/c2*20-11-35-37(29,30)33-8-6-31-5-7-32-36(27,28)34-10-18(25)23-4-3-13-14-9-16(19(26)21-12-24)22-15(14)1-2-17(13)23;17-7-29-33(26,27)31-9-30-32(24,25)28-6-15(22)20-4-3-10-11-5-13(16(23)18-8-21)19-12(11)1-2-14(10)20/h2*1-2,9,22,24H,3-8,10-12,20H2,(H,21,26)(H,27,28)(H,29,30);1-2,5,19,21H,3-4,6-9,17H2,(H,18,23)(H,24,25)(H,26,27)/p-6. The van der Waals surface area contributed by atoms with Crippen LogP contribution in [0.15, 0.2) is 54.6 Å². The molecular formula is C54H72N12O35P6-6. The van der Waals surface area contributed by atoms with E-state index in [1.807, 2.05) is 0 Å². The Labute approximate surface area is 604 Å². The van der Waals surface area contributed by atoms with E-state index in [-0.39, 0.29) is 76.4 Å². The lowest BCUT2D eigenvalue weighted by molar-refractivity contribution is -0.244. The molecular weight excluding hydrogens is 1560 g/mol. The molecule has 0 radical (unpaired) electrons. The summed E-state index contributed by atoms with van der Waals surface area (Å²) in [4.78, 5) is 156. The van der Waals surface area contributed by atoms with Gasteiger partial charge in [0.15, 0.2) is 6.79 Å². The number of hydrogen-bond donors (Lipinski definition) is 12. The minimum Gasteiger partial charge on any atom is -0.756 e. The number of benzene rings is 3. The SMILES string of the molecule is NCOP(=O)([O-])OCCOCCOP(=O)([O-])OCC(=O)N1CCc2c1ccc1[nH]c(C(=O)NCO)cc21.NCOP(=O)([O-])OCCOCCOP(=O)([O-])OCC(=O)N1CCc2c1ccc1[nH]c(C(=O)NCO)cc21.NCOP(=O)([O-])OCOP(=O)([O-])OCC(=O)N1CCc2c1ccc1[nH]c(C(=O)NCO)cc21. The summed E-state index contributed by atoms with van der Waals surface area (Å²) in [6.07, 6.45) is 1.39. The molecule has 6 heterocycles. The zero-order chi connectivity index (χ0) is 78.3. The number of aliphatic hydroxyl groups excluding tert-OH is 3. The second-order valence-electron chi connectivity index (χ2n) is 21.3. The van der Waals surface area contributed by atoms with E-state index in [9.17, 15) is 85.5 Å². The van der Waals surface area contributed by atoms with Crippen LogP contribution in [0.5, 0.6) is 0 Å². The van der Waals surface area contributed by atoms with Crippen LogP contribution >= 0.6 is 46.9 Å². The van der Waals surface area contributed by atoms with Gasteiger partial charge in [0.1, 0.15) is 77.3 Å². The summed E-state index contributed by atoms with van der Waals surface area (Å²) >= 11 is 0. The molecule has 6 unspecified atom stereocenters. The van der Waals surface area contributed by atoms with Crippen molar-refractivity contribution in [3.63, 3.8) is 0 Å². The van der Waals surface area contributed by atoms with Crippen LogP contribution in [-0.4, -0.2) is 205 Å². The van der Waals surface area contributed by atoms with E-state index < -0.39 is 163 Å². The molecule has 9 rings (SSSR count). The normalized spacial score (nSPS) is 16.5. The number of aromatic nitrogens is 3. The number of H-pyrrole nitrogens is 3. The van der Waals surface area contributed by atoms with Crippen LogP contribution in [0.1, 0.15) is 48.2 Å². The van der Waals surface area contributed by atoms with Gasteiger partial charge in [-0.15, -0.1) is 0 Å². The lowest BCUT2D eigenvalue weighted by Gasteiger charge is -2.26. The van der Waals surface area contributed by atoms with Crippen molar-refractivity contribution in [3.8, 4) is 0 Å². The molecule has 0 fully saturated rings. The fraction of sp³-hybridized carbons (Fsp3) is 0.444. The molecule has 3 aromatic heterocycles. The van der Waals surface area contributed by atoms with Gasteiger partial charge in [0.2, 0.25) is 0 Å². The van der Waals surface area contributed by atoms with Crippen molar-refractivity contribution in [2.24, 2.45) is 17.2 Å². The maximum Gasteiger partial charge on any atom is 0.271 e. The van der Waals surface area contributed by atoms with Crippen LogP contribution in [0.25, 0.3) is 32.7 Å². The van der Waals surface area contributed by atoms with Gasteiger partial charge in [-0.1, -0.05) is 0 Å². The first-order valence-corrected chi connectivity index (χ1v) is 39.8. The maximum absolute atomic E-state index is 12.6. The van der Waals surface area contributed by atoms with Crippen LogP contribution < -0.4 is 77.2 Å². The second kappa shape index (κ2) is 40.4. The molecule has 107 heavy (non-hydrogen) atoms. The summed E-state index contributed by atoms with van der Waals surface area (Å²) < 4.78 is 132. The van der Waals surface area contributed by atoms with Crippen LogP contribution in [0.3, 0.4) is 0 Å². The number of fused-ring (bicyclic) bond motifs is 9. The molecule has 6 atom stereocenters. The smallest absolute Gasteiger partial charge is 0.271 e. The Morgan fingerprint density at radius 2 is 0.636 bits per heavy atom. The molecule has 15 N–H and O–H groups in total. The van der Waals surface area contributed by atoms with Gasteiger partial charge < -0.3 is 162 Å². The molecule has 0 spiro atoms. The number of ether oxygens (including phenoxy) is 2. The first-order chi connectivity index (χ1) is 50.7. The quantitative estimate of drug-likeness (QED) is 0.00988. The topological polar surface area (TPSA) is 704 Å². The first-order valence-electron chi connectivity index (χ1n) is 31.1. The average Bonchev–Trinajstić information content (AvgIpc) is 1.63. The Kier molecular flexibility index (Phi) is 33.1. The van der Waals surface area contributed by atoms with Gasteiger partial charge in [-0.25, -0.2) is 0 Å². The average molecular weight is 1640 g/mol. The monoisotopic (exact) mass is 1630 g/mol. The number of aromatic amines is 3. The lowest BCUT2D eigenvalue weighted by atomic mass is 10.1. The van der Waals surface area contributed by atoms with Gasteiger partial charge in [-0.05, 0) is 90.6 Å². The Morgan fingerprint density at radius 1 is 0.383 bits per heavy atom. The maximum atomic E-state index is 12.6. The molecule has 0 saturated heterocycles. The Balaban J connectivity index is 0.000000224. The number of nitrogens with one attached hydrogen (secondary N) is 6. The number of hydrogen-bond acceptors (Lipinski definition) is 38. The van der Waals surface area contributed by atoms with Crippen LogP contribution in [0, 0.1) is 0 Å². The summed E-state index contributed by atoms with van der Waals surface area (Å²) in [5.41, 5.74) is 21.5. The predicted molar refractivity (Wildman–Crippen MR) is 353 cm³/mol.